The minimum absolute atomic E-state index is 0.0948. The molecule has 5 rings (SSSR count). The van der Waals surface area contributed by atoms with Crippen molar-refractivity contribution in [3.05, 3.63) is 47.6 Å². The summed E-state index contributed by atoms with van der Waals surface area (Å²) in [4.78, 5) is 71.4. The van der Waals surface area contributed by atoms with Gasteiger partial charge in [0.1, 0.15) is 30.1 Å². The molecule has 1 saturated carbocycles. The molecule has 0 radical (unpaired) electrons. The van der Waals surface area contributed by atoms with Gasteiger partial charge in [0, 0.05) is 52.6 Å². The first kappa shape index (κ1) is 54.2. The smallest absolute Gasteiger partial charge is 0.460 e. The van der Waals surface area contributed by atoms with E-state index >= 15 is 0 Å². The van der Waals surface area contributed by atoms with Gasteiger partial charge in [-0.05, 0) is 113 Å². The van der Waals surface area contributed by atoms with E-state index in [0.717, 1.165) is 12.0 Å². The first-order chi connectivity index (χ1) is 31.8. The highest BCUT2D eigenvalue weighted by Gasteiger charge is 2.53. The number of rotatable bonds is 6. The Hall–Kier alpha value is -3.73. The summed E-state index contributed by atoms with van der Waals surface area (Å²) in [5.74, 6) is -7.13. The molecule has 2 N–H and O–H groups in total. The number of allylic oxidation sites excluding steroid dienone is 6. The van der Waals surface area contributed by atoms with Crippen LogP contribution in [-0.2, 0) is 52.3 Å². The lowest BCUT2D eigenvalue weighted by Crippen LogP contribution is -2.61. The molecule has 3 saturated heterocycles. The maximum absolute atomic E-state index is 14.4. The number of esters is 1. The van der Waals surface area contributed by atoms with Crippen LogP contribution < -0.4 is 0 Å². The van der Waals surface area contributed by atoms with E-state index in [4.69, 9.17) is 33.2 Å². The fourth-order valence-electron chi connectivity index (χ4n) is 10.8. The van der Waals surface area contributed by atoms with Crippen molar-refractivity contribution in [2.45, 2.75) is 186 Å². The third kappa shape index (κ3) is 13.7. The number of Topliss-reactive ketones (excluding diaryl/α,β-unsaturated/α-hetero) is 2. The standard InChI is InChI=1S/C52H79NO14/c1-30-16-12-11-13-17-31(2)42(61-8)28-38-21-19-36(7)52(60,67-38)48(56)49(57)53-23-15-14-18-39(53)50(58)64-43(33(4)26-37-20-22-40(54)44(27-37)62-9)29-41(55)32(3)25-35(6)46-47(63-10)45(34(5)24-30)65-51(59)66-46/h11-13,16-17,25,30,32-34,36-40,42-47,54,60H,14-15,18-24,26-29H2,1-10H3/b13-11+,16-12+,31-17?,35-25+/t30-,32-,33-,34-,36-,37+,38+,39?,40-,42+,43+,44-,45+,46-,47+,52-/m1/s1. The Kier molecular flexibility index (Phi) is 20.0. The number of cyclic esters (lactones) is 1. The molecule has 4 bridgehead atoms. The summed E-state index contributed by atoms with van der Waals surface area (Å²) in [6.07, 6.45) is 11.4. The van der Waals surface area contributed by atoms with E-state index in [1.54, 1.807) is 48.2 Å². The minimum Gasteiger partial charge on any atom is -0.460 e. The molecule has 4 aliphatic heterocycles. The van der Waals surface area contributed by atoms with Crippen molar-refractivity contribution in [2.24, 2.45) is 35.5 Å². The molecule has 0 aromatic carbocycles. The second kappa shape index (κ2) is 24.7. The fraction of sp³-hybridized carbons (Fsp3) is 0.750. The summed E-state index contributed by atoms with van der Waals surface area (Å²) >= 11 is 0. The number of fused-ring (bicyclic) bond motifs is 5. The third-order valence-corrected chi connectivity index (χ3v) is 15.1. The van der Waals surface area contributed by atoms with E-state index in [1.807, 2.05) is 45.1 Å². The van der Waals surface area contributed by atoms with Gasteiger partial charge < -0.3 is 48.3 Å². The van der Waals surface area contributed by atoms with Crippen molar-refractivity contribution in [3.8, 4) is 0 Å². The maximum atomic E-state index is 14.4. The molecule has 16 atom stereocenters. The monoisotopic (exact) mass is 942 g/mol. The highest BCUT2D eigenvalue weighted by molar-refractivity contribution is 6.39. The maximum Gasteiger partial charge on any atom is 0.509 e. The van der Waals surface area contributed by atoms with Crippen molar-refractivity contribution < 1.29 is 67.3 Å². The number of nitrogens with zero attached hydrogens (tertiary/aromatic N) is 1. The molecule has 1 unspecified atom stereocenters. The van der Waals surface area contributed by atoms with E-state index < -0.39 is 90.2 Å². The van der Waals surface area contributed by atoms with Gasteiger partial charge >= 0.3 is 12.1 Å². The van der Waals surface area contributed by atoms with E-state index in [-0.39, 0.29) is 54.9 Å². The van der Waals surface area contributed by atoms with Crippen LogP contribution in [0.4, 0.5) is 4.79 Å². The van der Waals surface area contributed by atoms with Crippen LogP contribution in [0, 0.1) is 35.5 Å². The molecule has 4 fully saturated rings. The zero-order chi connectivity index (χ0) is 49.2. The highest BCUT2D eigenvalue weighted by atomic mass is 16.8. The molecular formula is C52H79NO14. The average Bonchev–Trinajstić information content (AvgIpc) is 3.30. The van der Waals surface area contributed by atoms with Gasteiger partial charge in [0.25, 0.3) is 11.7 Å². The predicted octanol–water partition coefficient (Wildman–Crippen LogP) is 7.15. The van der Waals surface area contributed by atoms with Crippen LogP contribution in [0.5, 0.6) is 0 Å². The molecule has 0 aromatic heterocycles. The van der Waals surface area contributed by atoms with Crippen LogP contribution in [0.1, 0.15) is 126 Å². The van der Waals surface area contributed by atoms with Crippen LogP contribution in [0.2, 0.25) is 0 Å². The second-order valence-corrected chi connectivity index (χ2v) is 20.2. The Morgan fingerprint density at radius 1 is 0.836 bits per heavy atom. The summed E-state index contributed by atoms with van der Waals surface area (Å²) in [7, 11) is 4.71. The second-order valence-electron chi connectivity index (χ2n) is 20.2. The van der Waals surface area contributed by atoms with Gasteiger partial charge in [-0.25, -0.2) is 9.59 Å². The van der Waals surface area contributed by atoms with E-state index in [9.17, 15) is 34.2 Å². The van der Waals surface area contributed by atoms with Gasteiger partial charge in [0.15, 0.2) is 6.10 Å². The average molecular weight is 942 g/mol. The predicted molar refractivity (Wildman–Crippen MR) is 249 cm³/mol. The number of aliphatic hydroxyl groups excluding tert-OH is 1. The number of carbonyl (C=O) groups is 5. The Morgan fingerprint density at radius 3 is 2.28 bits per heavy atom. The number of amides is 1. The number of ether oxygens (including phenoxy) is 7. The molecule has 15 nitrogen and oxygen atoms in total. The Balaban J connectivity index is 1.49. The van der Waals surface area contributed by atoms with Crippen molar-refractivity contribution in [1.29, 1.82) is 0 Å². The SMILES string of the molecule is CO[C@H]1[C@H]2OC(=O)O[C@@H]1/C(C)=C/[C@@H](C)C(=O)C[C@@H]([C@H](C)C[C@@H]1CC[C@@H](O)[C@H](OC)C1)OC(=O)C1CCCCN1C(=O)C(=O)[C@]1(O)O[C@@H](CC[C@H]1C)C[C@H](OC)C(C)=C/C=C/C=C/[C@@H](C)C[C@H]2C. The topological polar surface area (TPSA) is 194 Å². The lowest BCUT2D eigenvalue weighted by molar-refractivity contribution is -0.265. The van der Waals surface area contributed by atoms with Crippen LogP contribution in [0.3, 0.4) is 0 Å². The first-order valence-corrected chi connectivity index (χ1v) is 24.6. The van der Waals surface area contributed by atoms with Gasteiger partial charge in [-0.3, -0.25) is 14.4 Å². The number of methoxy groups -OCH3 is 3. The van der Waals surface area contributed by atoms with Crippen LogP contribution in [0.25, 0.3) is 0 Å². The lowest BCUT2D eigenvalue weighted by Gasteiger charge is -2.42. The quantitative estimate of drug-likeness (QED) is 0.155. The van der Waals surface area contributed by atoms with Gasteiger partial charge in [0.05, 0.1) is 24.4 Å². The Morgan fingerprint density at radius 2 is 1.58 bits per heavy atom. The van der Waals surface area contributed by atoms with Gasteiger partial charge in [0.2, 0.25) is 5.79 Å². The van der Waals surface area contributed by atoms with Crippen LogP contribution in [-0.4, -0.2) is 133 Å². The van der Waals surface area contributed by atoms with E-state index in [0.29, 0.717) is 63.4 Å². The van der Waals surface area contributed by atoms with Crippen LogP contribution in [0.15, 0.2) is 47.6 Å². The largest absolute Gasteiger partial charge is 0.509 e. The van der Waals surface area contributed by atoms with Crippen molar-refractivity contribution in [2.75, 3.05) is 27.9 Å². The summed E-state index contributed by atoms with van der Waals surface area (Å²) in [6.45, 7) is 13.3. The number of carbonyl (C=O) groups excluding carboxylic acids is 5. The summed E-state index contributed by atoms with van der Waals surface area (Å²) in [6, 6.07) is -1.13. The molecule has 376 valence electrons. The molecule has 4 heterocycles. The Labute approximate surface area is 398 Å². The number of ketones is 2. The molecule has 0 aromatic rings. The van der Waals surface area contributed by atoms with E-state index in [1.165, 1.54) is 4.90 Å². The minimum atomic E-state index is -2.42. The number of aliphatic hydroxyl groups is 2. The first-order valence-electron chi connectivity index (χ1n) is 24.6. The normalized spacial score (nSPS) is 40.5. The molecule has 1 aliphatic carbocycles. The van der Waals surface area contributed by atoms with Crippen molar-refractivity contribution in [1.82, 2.24) is 4.90 Å². The molecular weight excluding hydrogens is 863 g/mol. The Bertz CT molecular complexity index is 1840. The van der Waals surface area contributed by atoms with Gasteiger partial charge in [-0.15, -0.1) is 0 Å². The zero-order valence-corrected chi connectivity index (χ0v) is 41.6. The number of hydrogen-bond acceptors (Lipinski definition) is 14. The summed E-state index contributed by atoms with van der Waals surface area (Å²) in [5, 5.41) is 22.5. The number of hydrogen-bond donors (Lipinski definition) is 2. The zero-order valence-electron chi connectivity index (χ0n) is 41.6. The number of piperidine rings is 1. The molecule has 15 heteroatoms. The fourth-order valence-corrected chi connectivity index (χ4v) is 10.8. The molecule has 1 amide bonds. The third-order valence-electron chi connectivity index (χ3n) is 15.1. The van der Waals surface area contributed by atoms with Gasteiger partial charge in [-0.1, -0.05) is 71.1 Å². The molecule has 0 spiro atoms. The van der Waals surface area contributed by atoms with Gasteiger partial charge in [-0.2, -0.15) is 0 Å². The highest BCUT2D eigenvalue weighted by Crippen LogP contribution is 2.38. The van der Waals surface area contributed by atoms with Crippen LogP contribution >= 0.6 is 0 Å². The molecule has 5 aliphatic rings. The summed E-state index contributed by atoms with van der Waals surface area (Å²) in [5.41, 5.74) is 1.51. The summed E-state index contributed by atoms with van der Waals surface area (Å²) < 4.78 is 41.4. The van der Waals surface area contributed by atoms with Crippen molar-refractivity contribution >= 4 is 29.6 Å². The molecule has 67 heavy (non-hydrogen) atoms. The van der Waals surface area contributed by atoms with Crippen molar-refractivity contribution in [3.63, 3.8) is 0 Å². The van der Waals surface area contributed by atoms with E-state index in [2.05, 4.69) is 13.0 Å². The lowest BCUT2D eigenvalue weighted by atomic mass is 9.78.